The molecule has 0 aliphatic heterocycles. The minimum absolute atomic E-state index is 0.0195. The number of aryl methyl sites for hydroxylation is 1. The van der Waals surface area contributed by atoms with Gasteiger partial charge in [0, 0.05) is 30.1 Å². The van der Waals surface area contributed by atoms with E-state index in [2.05, 4.69) is 46.0 Å². The van der Waals surface area contributed by atoms with Crippen molar-refractivity contribution in [2.75, 3.05) is 43.1 Å². The second kappa shape index (κ2) is 11.0. The summed E-state index contributed by atoms with van der Waals surface area (Å²) in [6.07, 6.45) is 0.439. The molecule has 0 unspecified atom stereocenters. The van der Waals surface area contributed by atoms with Crippen LogP contribution < -0.4 is 16.0 Å². The van der Waals surface area contributed by atoms with Crippen molar-refractivity contribution >= 4 is 51.7 Å². The van der Waals surface area contributed by atoms with Crippen molar-refractivity contribution in [1.29, 1.82) is 0 Å². The predicted molar refractivity (Wildman–Crippen MR) is 124 cm³/mol. The third-order valence-electron chi connectivity index (χ3n) is 3.87. The Hall–Kier alpha value is -2.83. The van der Waals surface area contributed by atoms with Gasteiger partial charge in [-0.3, -0.25) is 10.1 Å². The number of carbonyl (C=O) groups is 1. The minimum Gasteiger partial charge on any atom is -0.353 e. The average molecular weight is 460 g/mol. The van der Waals surface area contributed by atoms with Gasteiger partial charge < -0.3 is 15.5 Å². The van der Waals surface area contributed by atoms with Crippen LogP contribution in [-0.4, -0.2) is 63.1 Å². The first kappa shape index (κ1) is 22.8. The van der Waals surface area contributed by atoms with Gasteiger partial charge in [0.15, 0.2) is 5.16 Å². The van der Waals surface area contributed by atoms with Crippen molar-refractivity contribution in [3.8, 4) is 0 Å². The number of likely N-dealkylation sites (N-methyl/N-ethyl adjacent to an activating group) is 1. The normalized spacial score (nSPS) is 10.9. The SMILES string of the molecule is CCC(=O)Nc1ccc(Sc2nc(NCCN(C)C)nc(Nc3nnc(C)s3)n2)cc1. The van der Waals surface area contributed by atoms with Crippen LogP contribution in [0.1, 0.15) is 18.4 Å². The lowest BCUT2D eigenvalue weighted by Gasteiger charge is -2.12. The van der Waals surface area contributed by atoms with Gasteiger partial charge in [0.1, 0.15) is 5.01 Å². The van der Waals surface area contributed by atoms with Gasteiger partial charge in [-0.2, -0.15) is 15.0 Å². The van der Waals surface area contributed by atoms with E-state index in [1.165, 1.54) is 23.1 Å². The van der Waals surface area contributed by atoms with E-state index >= 15 is 0 Å². The molecule has 0 aliphatic carbocycles. The van der Waals surface area contributed by atoms with E-state index in [-0.39, 0.29) is 5.91 Å². The van der Waals surface area contributed by atoms with Crippen molar-refractivity contribution in [3.63, 3.8) is 0 Å². The van der Waals surface area contributed by atoms with Crippen molar-refractivity contribution in [1.82, 2.24) is 30.0 Å². The molecule has 0 saturated heterocycles. The van der Waals surface area contributed by atoms with Crippen molar-refractivity contribution in [2.45, 2.75) is 30.3 Å². The standard InChI is InChI=1S/C19H25N9OS2/c1-5-15(29)21-13-6-8-14(9-7-13)31-18-23-16(20-10-11-28(3)4)22-17(24-18)25-19-27-26-12(2)30-19/h6-9H,5,10-11H2,1-4H3,(H,21,29)(H2,20,22,23,24,25,27). The number of nitrogens with zero attached hydrogens (tertiary/aromatic N) is 6. The van der Waals surface area contributed by atoms with Crippen LogP contribution in [0.2, 0.25) is 0 Å². The number of rotatable bonds is 10. The van der Waals surface area contributed by atoms with Gasteiger partial charge >= 0.3 is 0 Å². The first-order chi connectivity index (χ1) is 14.9. The second-order valence-electron chi connectivity index (χ2n) is 6.77. The number of carbonyl (C=O) groups excluding carboxylic acids is 1. The molecular formula is C19H25N9OS2. The molecule has 0 saturated carbocycles. The Balaban J connectivity index is 1.76. The number of benzene rings is 1. The smallest absolute Gasteiger partial charge is 0.234 e. The highest BCUT2D eigenvalue weighted by Crippen LogP contribution is 2.28. The van der Waals surface area contributed by atoms with E-state index in [0.717, 1.165) is 22.1 Å². The average Bonchev–Trinajstić information content (AvgIpc) is 3.13. The maximum Gasteiger partial charge on any atom is 0.234 e. The van der Waals surface area contributed by atoms with E-state index in [1.54, 1.807) is 0 Å². The van der Waals surface area contributed by atoms with Crippen LogP contribution in [0.15, 0.2) is 34.3 Å². The molecule has 0 aliphatic rings. The lowest BCUT2D eigenvalue weighted by atomic mass is 10.3. The summed E-state index contributed by atoms with van der Waals surface area (Å²) in [5, 5.41) is 19.3. The molecule has 3 aromatic rings. The van der Waals surface area contributed by atoms with E-state index in [4.69, 9.17) is 0 Å². The highest BCUT2D eigenvalue weighted by Gasteiger charge is 2.11. The molecule has 1 amide bonds. The van der Waals surface area contributed by atoms with Gasteiger partial charge in [0.2, 0.25) is 22.9 Å². The summed E-state index contributed by atoms with van der Waals surface area (Å²) in [6.45, 7) is 5.25. The zero-order chi connectivity index (χ0) is 22.2. The van der Waals surface area contributed by atoms with Crippen LogP contribution in [0.3, 0.4) is 0 Å². The Morgan fingerprint density at radius 1 is 1.10 bits per heavy atom. The monoisotopic (exact) mass is 459 g/mol. The molecule has 3 rings (SSSR count). The van der Waals surface area contributed by atoms with Crippen LogP contribution in [-0.2, 0) is 4.79 Å². The number of hydrogen-bond acceptors (Lipinski definition) is 11. The topological polar surface area (TPSA) is 121 Å². The van der Waals surface area contributed by atoms with Gasteiger partial charge in [0.25, 0.3) is 0 Å². The number of hydrogen-bond donors (Lipinski definition) is 3. The Labute approximate surface area is 189 Å². The lowest BCUT2D eigenvalue weighted by molar-refractivity contribution is -0.115. The Kier molecular flexibility index (Phi) is 8.09. The fourth-order valence-electron chi connectivity index (χ4n) is 2.33. The summed E-state index contributed by atoms with van der Waals surface area (Å²) < 4.78 is 0. The maximum absolute atomic E-state index is 11.5. The van der Waals surface area contributed by atoms with Crippen LogP contribution in [0.5, 0.6) is 0 Å². The van der Waals surface area contributed by atoms with Crippen LogP contribution in [0.4, 0.5) is 22.7 Å². The van der Waals surface area contributed by atoms with Crippen molar-refractivity contribution < 1.29 is 4.79 Å². The Bertz CT molecular complexity index is 1010. The largest absolute Gasteiger partial charge is 0.353 e. The molecule has 0 atom stereocenters. The summed E-state index contributed by atoms with van der Waals surface area (Å²) in [5.41, 5.74) is 0.756. The molecule has 12 heteroatoms. The summed E-state index contributed by atoms with van der Waals surface area (Å²) >= 11 is 2.83. The summed E-state index contributed by atoms with van der Waals surface area (Å²) in [6, 6.07) is 7.55. The van der Waals surface area contributed by atoms with Gasteiger partial charge in [-0.1, -0.05) is 18.3 Å². The first-order valence-electron chi connectivity index (χ1n) is 9.71. The zero-order valence-corrected chi connectivity index (χ0v) is 19.5. The first-order valence-corrected chi connectivity index (χ1v) is 11.3. The quantitative estimate of drug-likeness (QED) is 0.416. The fraction of sp³-hybridized carbons (Fsp3) is 0.368. The van der Waals surface area contributed by atoms with Gasteiger partial charge in [-0.15, -0.1) is 10.2 Å². The Morgan fingerprint density at radius 3 is 2.48 bits per heavy atom. The van der Waals surface area contributed by atoms with Gasteiger partial charge in [-0.05, 0) is 57.0 Å². The third-order valence-corrected chi connectivity index (χ3v) is 5.50. The predicted octanol–water partition coefficient (Wildman–Crippen LogP) is 3.25. The van der Waals surface area contributed by atoms with Crippen molar-refractivity contribution in [2.24, 2.45) is 0 Å². The number of aromatic nitrogens is 5. The van der Waals surface area contributed by atoms with Gasteiger partial charge in [0.05, 0.1) is 0 Å². The third kappa shape index (κ3) is 7.42. The molecule has 3 N–H and O–H groups in total. The van der Waals surface area contributed by atoms with E-state index < -0.39 is 0 Å². The summed E-state index contributed by atoms with van der Waals surface area (Å²) in [7, 11) is 4.02. The molecular weight excluding hydrogens is 434 g/mol. The highest BCUT2D eigenvalue weighted by molar-refractivity contribution is 7.99. The highest BCUT2D eigenvalue weighted by atomic mass is 32.2. The van der Waals surface area contributed by atoms with E-state index in [9.17, 15) is 4.79 Å². The van der Waals surface area contributed by atoms with Crippen LogP contribution in [0.25, 0.3) is 0 Å². The molecule has 2 heterocycles. The number of amides is 1. The fourth-order valence-corrected chi connectivity index (χ4v) is 3.66. The number of nitrogens with one attached hydrogen (secondary N) is 3. The zero-order valence-electron chi connectivity index (χ0n) is 17.8. The van der Waals surface area contributed by atoms with E-state index in [0.29, 0.717) is 35.2 Å². The van der Waals surface area contributed by atoms with E-state index in [1.807, 2.05) is 52.2 Å². The molecule has 2 aromatic heterocycles. The molecule has 10 nitrogen and oxygen atoms in total. The lowest BCUT2D eigenvalue weighted by Crippen LogP contribution is -2.21. The van der Waals surface area contributed by atoms with Crippen molar-refractivity contribution in [3.05, 3.63) is 29.3 Å². The molecule has 0 fully saturated rings. The molecule has 0 bridgehead atoms. The van der Waals surface area contributed by atoms with Crippen LogP contribution >= 0.6 is 23.1 Å². The second-order valence-corrected chi connectivity index (χ2v) is 9.00. The maximum atomic E-state index is 11.5. The molecule has 31 heavy (non-hydrogen) atoms. The molecule has 164 valence electrons. The molecule has 0 radical (unpaired) electrons. The summed E-state index contributed by atoms with van der Waals surface area (Å²) in [5.74, 6) is 0.858. The molecule has 1 aromatic carbocycles. The Morgan fingerprint density at radius 2 is 1.84 bits per heavy atom. The minimum atomic E-state index is -0.0195. The van der Waals surface area contributed by atoms with Crippen LogP contribution in [0, 0.1) is 6.92 Å². The number of anilines is 4. The summed E-state index contributed by atoms with van der Waals surface area (Å²) in [4.78, 5) is 28.0. The molecule has 0 spiro atoms. The van der Waals surface area contributed by atoms with Gasteiger partial charge in [-0.25, -0.2) is 0 Å².